The van der Waals surface area contributed by atoms with Crippen molar-refractivity contribution in [1.82, 2.24) is 19.3 Å². The fraction of sp³-hybridized carbons (Fsp3) is 0.176. The monoisotopic (exact) mass is 637 g/mol. The number of rotatable bonds is 8. The van der Waals surface area contributed by atoms with Crippen LogP contribution in [0.25, 0.3) is 11.4 Å². The van der Waals surface area contributed by atoms with Crippen LogP contribution in [0, 0.1) is 17.3 Å². The lowest BCUT2D eigenvalue weighted by Gasteiger charge is -2.18. The molecular weight excluding hydrogens is 610 g/mol. The quantitative estimate of drug-likeness (QED) is 0.158. The third-order valence-electron chi connectivity index (χ3n) is 6.68. The lowest BCUT2D eigenvalue weighted by molar-refractivity contribution is 0.0752. The van der Waals surface area contributed by atoms with Crippen LogP contribution in [-0.4, -0.2) is 36.8 Å². The van der Waals surface area contributed by atoms with Crippen molar-refractivity contribution in [3.63, 3.8) is 0 Å². The molecule has 0 amide bonds. The van der Waals surface area contributed by atoms with Gasteiger partial charge in [-0.05, 0) is 48.4 Å². The Morgan fingerprint density at radius 1 is 0.978 bits per heavy atom. The molecule has 0 aliphatic rings. The molecule has 226 valence electrons. The van der Waals surface area contributed by atoms with Crippen molar-refractivity contribution in [2.45, 2.75) is 33.9 Å². The van der Waals surface area contributed by atoms with Crippen LogP contribution >= 0.6 is 22.9 Å². The van der Waals surface area contributed by atoms with Crippen molar-refractivity contribution < 1.29 is 14.4 Å². The van der Waals surface area contributed by atoms with E-state index in [1.807, 2.05) is 24.3 Å². The number of anilines is 1. The molecular formula is C34H28ClN5O4S. The van der Waals surface area contributed by atoms with Gasteiger partial charge in [0.05, 0.1) is 28.7 Å². The van der Waals surface area contributed by atoms with Gasteiger partial charge in [0.1, 0.15) is 11.5 Å². The number of nitrogens with one attached hydrogen (secondary N) is 1. The number of ketones is 2. The molecule has 4 aromatic heterocycles. The highest BCUT2D eigenvalue weighted by Crippen LogP contribution is 2.29. The average Bonchev–Trinajstić information content (AvgIpc) is 3.65. The molecule has 0 aliphatic heterocycles. The normalized spacial score (nSPS) is 11.0. The topological polar surface area (TPSA) is 116 Å². The maximum Gasteiger partial charge on any atom is 0.254 e. The summed E-state index contributed by atoms with van der Waals surface area (Å²) in [4.78, 5) is 58.7. The standard InChI is InChI=1S/C34H28ClN5O4S/c1-34(2,3)33(44)40-30(37-20-24-10-13-29(35)45-24)19-26(38-40)32-25(27(41)12-9-22-7-5-4-6-8-22)11-14-31(43)39(32)21-28(42)23-15-17-36-18-16-23/h4-8,10-11,13-19,37H,20-21H2,1-3H3. The largest absolute Gasteiger partial charge is 0.365 e. The minimum absolute atomic E-state index is 0.0602. The van der Waals surface area contributed by atoms with Crippen molar-refractivity contribution in [3.8, 4) is 23.2 Å². The predicted octanol–water partition coefficient (Wildman–Crippen LogP) is 6.24. The summed E-state index contributed by atoms with van der Waals surface area (Å²) in [6.45, 7) is 5.25. The van der Waals surface area contributed by atoms with Gasteiger partial charge in [0, 0.05) is 45.9 Å². The summed E-state index contributed by atoms with van der Waals surface area (Å²) < 4.78 is 3.04. The Kier molecular flexibility index (Phi) is 9.23. The molecule has 1 aromatic carbocycles. The Morgan fingerprint density at radius 3 is 2.38 bits per heavy atom. The molecule has 0 saturated carbocycles. The van der Waals surface area contributed by atoms with Crippen LogP contribution in [0.1, 0.15) is 56.7 Å². The van der Waals surface area contributed by atoms with Gasteiger partial charge in [0.2, 0.25) is 5.78 Å². The minimum Gasteiger partial charge on any atom is -0.365 e. The molecule has 5 aromatic rings. The van der Waals surface area contributed by atoms with E-state index in [1.165, 1.54) is 45.1 Å². The van der Waals surface area contributed by atoms with E-state index in [-0.39, 0.29) is 35.2 Å². The van der Waals surface area contributed by atoms with Gasteiger partial charge in [0.25, 0.3) is 11.5 Å². The molecule has 0 spiro atoms. The van der Waals surface area contributed by atoms with E-state index < -0.39 is 16.8 Å². The zero-order valence-electron chi connectivity index (χ0n) is 24.7. The van der Waals surface area contributed by atoms with Crippen LogP contribution in [0.15, 0.2) is 90.0 Å². The van der Waals surface area contributed by atoms with Crippen molar-refractivity contribution in [2.75, 3.05) is 5.32 Å². The lowest BCUT2D eigenvalue weighted by Crippen LogP contribution is -2.29. The number of pyridine rings is 2. The van der Waals surface area contributed by atoms with E-state index in [1.54, 1.807) is 57.2 Å². The Hall–Kier alpha value is -5.11. The molecule has 0 bridgehead atoms. The Bertz CT molecular complexity index is 2010. The summed E-state index contributed by atoms with van der Waals surface area (Å²) >= 11 is 7.50. The summed E-state index contributed by atoms with van der Waals surface area (Å²) in [7, 11) is 0. The Balaban J connectivity index is 1.67. The van der Waals surface area contributed by atoms with Crippen molar-refractivity contribution in [2.24, 2.45) is 5.41 Å². The van der Waals surface area contributed by atoms with E-state index in [9.17, 15) is 19.2 Å². The average molecular weight is 638 g/mol. The van der Waals surface area contributed by atoms with Crippen LogP contribution in [0.4, 0.5) is 5.82 Å². The third-order valence-corrected chi connectivity index (χ3v) is 7.92. The first-order valence-corrected chi connectivity index (χ1v) is 15.1. The summed E-state index contributed by atoms with van der Waals surface area (Å²) in [5.74, 6) is 4.56. The van der Waals surface area contributed by atoms with E-state index in [0.29, 0.717) is 27.8 Å². The minimum atomic E-state index is -0.820. The molecule has 0 unspecified atom stereocenters. The van der Waals surface area contributed by atoms with Gasteiger partial charge < -0.3 is 5.32 Å². The number of hydrogen-bond donors (Lipinski definition) is 1. The number of carbonyl (C=O) groups is 3. The highest BCUT2D eigenvalue weighted by molar-refractivity contribution is 7.16. The van der Waals surface area contributed by atoms with Gasteiger partial charge in [-0.3, -0.25) is 28.7 Å². The van der Waals surface area contributed by atoms with Crippen LogP contribution in [0.2, 0.25) is 4.34 Å². The fourth-order valence-electron chi connectivity index (χ4n) is 4.41. The summed E-state index contributed by atoms with van der Waals surface area (Å²) in [5.41, 5.74) is -0.101. The SMILES string of the molecule is CC(C)(C)C(=O)n1nc(-c2c(C(=O)C#Cc3ccccc3)ccc(=O)n2CC(=O)c2ccncc2)cc1NCc1ccc(Cl)s1. The van der Waals surface area contributed by atoms with Crippen molar-refractivity contribution in [1.29, 1.82) is 0 Å². The maximum atomic E-state index is 13.6. The number of benzene rings is 1. The number of Topliss-reactive ketones (excluding diaryl/α,β-unsaturated/α-hetero) is 2. The van der Waals surface area contributed by atoms with Crippen molar-refractivity contribution >= 4 is 46.2 Å². The second kappa shape index (κ2) is 13.3. The molecule has 0 aliphatic carbocycles. The molecule has 9 nitrogen and oxygen atoms in total. The zero-order chi connectivity index (χ0) is 32.1. The molecule has 11 heteroatoms. The fourth-order valence-corrected chi connectivity index (χ4v) is 5.43. The van der Waals surface area contributed by atoms with E-state index in [2.05, 4.69) is 27.2 Å². The molecule has 0 radical (unpaired) electrons. The number of hydrogen-bond acceptors (Lipinski definition) is 8. The number of thiophene rings is 1. The molecule has 0 saturated heterocycles. The predicted molar refractivity (Wildman–Crippen MR) is 175 cm³/mol. The highest BCUT2D eigenvalue weighted by Gasteiger charge is 2.29. The van der Waals surface area contributed by atoms with E-state index >= 15 is 0 Å². The van der Waals surface area contributed by atoms with Crippen LogP contribution in [-0.2, 0) is 13.1 Å². The van der Waals surface area contributed by atoms with Gasteiger partial charge in [-0.15, -0.1) is 11.3 Å². The second-order valence-corrected chi connectivity index (χ2v) is 12.9. The number of nitrogens with zero attached hydrogens (tertiary/aromatic N) is 4. The van der Waals surface area contributed by atoms with Crippen LogP contribution < -0.4 is 10.9 Å². The molecule has 0 fully saturated rings. The van der Waals surface area contributed by atoms with Crippen LogP contribution in [0.3, 0.4) is 0 Å². The molecule has 1 N–H and O–H groups in total. The number of carbonyl (C=O) groups excluding carboxylic acids is 3. The van der Waals surface area contributed by atoms with Crippen LogP contribution in [0.5, 0.6) is 0 Å². The lowest BCUT2D eigenvalue weighted by atomic mass is 9.96. The molecule has 4 heterocycles. The van der Waals surface area contributed by atoms with Gasteiger partial charge >= 0.3 is 0 Å². The third kappa shape index (κ3) is 7.34. The summed E-state index contributed by atoms with van der Waals surface area (Å²) in [6, 6.07) is 19.9. The first-order valence-electron chi connectivity index (χ1n) is 13.9. The molecule has 5 rings (SSSR count). The molecule has 45 heavy (non-hydrogen) atoms. The smallest absolute Gasteiger partial charge is 0.254 e. The van der Waals surface area contributed by atoms with Gasteiger partial charge in [-0.1, -0.05) is 56.5 Å². The second-order valence-electron chi connectivity index (χ2n) is 11.1. The Labute approximate surface area is 268 Å². The first kappa shape index (κ1) is 31.3. The first-order chi connectivity index (χ1) is 21.5. The van der Waals surface area contributed by atoms with Crippen molar-refractivity contribution in [3.05, 3.63) is 121 Å². The van der Waals surface area contributed by atoms with Gasteiger partial charge in [-0.2, -0.15) is 9.78 Å². The number of aromatic nitrogens is 4. The van der Waals surface area contributed by atoms with E-state index in [4.69, 9.17) is 11.6 Å². The van der Waals surface area contributed by atoms with Gasteiger partial charge in [0.15, 0.2) is 5.78 Å². The van der Waals surface area contributed by atoms with E-state index in [0.717, 1.165) is 4.88 Å². The summed E-state index contributed by atoms with van der Waals surface area (Å²) in [5, 5.41) is 7.85. The van der Waals surface area contributed by atoms with Gasteiger partial charge in [-0.25, -0.2) is 0 Å². The number of halogens is 1. The zero-order valence-corrected chi connectivity index (χ0v) is 26.3. The highest BCUT2D eigenvalue weighted by atomic mass is 35.5. The Morgan fingerprint density at radius 2 is 1.71 bits per heavy atom. The maximum absolute atomic E-state index is 13.6. The molecule has 0 atom stereocenters. The summed E-state index contributed by atoms with van der Waals surface area (Å²) in [6.07, 6.45) is 2.96.